The number of hydrogen-bond acceptors (Lipinski definition) is 5. The van der Waals surface area contributed by atoms with Gasteiger partial charge in [-0.2, -0.15) is 0 Å². The molecule has 1 aromatic carbocycles. The molecule has 1 saturated heterocycles. The number of hydrogen-bond donors (Lipinski definition) is 2. The lowest BCUT2D eigenvalue weighted by Crippen LogP contribution is -2.44. The lowest BCUT2D eigenvalue weighted by Gasteiger charge is -2.26. The summed E-state index contributed by atoms with van der Waals surface area (Å²) in [7, 11) is 1.56. The van der Waals surface area contributed by atoms with Crippen LogP contribution < -0.4 is 15.4 Å². The van der Waals surface area contributed by atoms with Crippen molar-refractivity contribution in [3.05, 3.63) is 52.8 Å². The van der Waals surface area contributed by atoms with Gasteiger partial charge in [0.1, 0.15) is 17.8 Å². The Bertz CT molecular complexity index is 981. The summed E-state index contributed by atoms with van der Waals surface area (Å²) in [4.78, 5) is 42.9. The Hall–Kier alpha value is -3.13. The third kappa shape index (κ3) is 3.75. The molecule has 152 valence electrons. The molecule has 1 atom stereocenters. The van der Waals surface area contributed by atoms with Crippen molar-refractivity contribution in [1.29, 1.82) is 0 Å². The van der Waals surface area contributed by atoms with Crippen molar-refractivity contribution in [2.24, 2.45) is 0 Å². The molecule has 1 fully saturated rings. The molecule has 0 spiro atoms. The van der Waals surface area contributed by atoms with E-state index in [1.165, 1.54) is 6.20 Å². The second-order valence-electron chi connectivity index (χ2n) is 6.65. The molecule has 9 heteroatoms. The number of nitrogens with one attached hydrogen (secondary N) is 2. The molecule has 2 heterocycles. The van der Waals surface area contributed by atoms with Crippen molar-refractivity contribution in [3.8, 4) is 5.75 Å². The monoisotopic (exact) mass is 416 g/mol. The number of carbonyl (C=O) groups is 3. The number of methoxy groups -OCH3 is 1. The van der Waals surface area contributed by atoms with Crippen LogP contribution in [0.3, 0.4) is 0 Å². The molecule has 0 aliphatic carbocycles. The molecule has 1 unspecified atom stereocenters. The maximum absolute atomic E-state index is 13.2. The summed E-state index contributed by atoms with van der Waals surface area (Å²) < 4.78 is 5.27. The van der Waals surface area contributed by atoms with E-state index in [-0.39, 0.29) is 5.15 Å². The lowest BCUT2D eigenvalue weighted by atomic mass is 9.86. The first-order chi connectivity index (χ1) is 13.8. The molecule has 1 aromatic heterocycles. The van der Waals surface area contributed by atoms with Crippen LogP contribution in [0.1, 0.15) is 24.5 Å². The number of aryl methyl sites for hydroxylation is 1. The van der Waals surface area contributed by atoms with Gasteiger partial charge in [-0.3, -0.25) is 14.5 Å². The van der Waals surface area contributed by atoms with Gasteiger partial charge >= 0.3 is 6.03 Å². The fraction of sp³-hybridized carbons (Fsp3) is 0.300. The van der Waals surface area contributed by atoms with E-state index in [1.54, 1.807) is 44.4 Å². The second kappa shape index (κ2) is 8.08. The largest absolute Gasteiger partial charge is 0.496 e. The molecular formula is C20H21ClN4O4. The van der Waals surface area contributed by atoms with E-state index in [9.17, 15) is 14.4 Å². The molecule has 29 heavy (non-hydrogen) atoms. The second-order valence-corrected chi connectivity index (χ2v) is 7.01. The predicted octanol–water partition coefficient (Wildman–Crippen LogP) is 2.85. The van der Waals surface area contributed by atoms with Crippen molar-refractivity contribution < 1.29 is 19.1 Å². The van der Waals surface area contributed by atoms with E-state index in [2.05, 4.69) is 15.6 Å². The number of ether oxygens (including phenoxy) is 1. The first kappa shape index (κ1) is 20.6. The van der Waals surface area contributed by atoms with Gasteiger partial charge in [0.25, 0.3) is 5.91 Å². The van der Waals surface area contributed by atoms with Gasteiger partial charge in [-0.25, -0.2) is 9.78 Å². The highest BCUT2D eigenvalue weighted by Gasteiger charge is 2.51. The number of anilines is 1. The van der Waals surface area contributed by atoms with Crippen LogP contribution in [0.5, 0.6) is 5.75 Å². The van der Waals surface area contributed by atoms with Gasteiger partial charge in [0.05, 0.1) is 12.8 Å². The Labute approximate surface area is 173 Å². The van der Waals surface area contributed by atoms with Crippen molar-refractivity contribution in [3.63, 3.8) is 0 Å². The quantitative estimate of drug-likeness (QED) is 0.557. The first-order valence-corrected chi connectivity index (χ1v) is 9.39. The summed E-state index contributed by atoms with van der Waals surface area (Å²) in [5.41, 5.74) is 0.538. The van der Waals surface area contributed by atoms with Crippen molar-refractivity contribution >= 4 is 35.1 Å². The van der Waals surface area contributed by atoms with Crippen LogP contribution in [0, 0.1) is 6.92 Å². The zero-order valence-corrected chi connectivity index (χ0v) is 17.0. The fourth-order valence-electron chi connectivity index (χ4n) is 3.37. The molecule has 3 rings (SSSR count). The zero-order chi connectivity index (χ0) is 21.2. The Balaban J connectivity index is 1.83. The smallest absolute Gasteiger partial charge is 0.325 e. The number of nitrogens with zero attached hydrogens (tertiary/aromatic N) is 2. The number of aromatic nitrogens is 1. The molecule has 4 amide bonds. The Kier molecular flexibility index (Phi) is 5.74. The predicted molar refractivity (Wildman–Crippen MR) is 108 cm³/mol. The summed E-state index contributed by atoms with van der Waals surface area (Å²) in [6, 6.07) is 7.87. The SMILES string of the molecule is CCC1(c2ccc(OC)c(C)c2)NC(=O)N(CC(=O)Nc2cccnc2Cl)C1=O. The summed E-state index contributed by atoms with van der Waals surface area (Å²) in [5, 5.41) is 5.44. The number of rotatable bonds is 6. The van der Waals surface area contributed by atoms with Gasteiger partial charge in [-0.05, 0) is 48.7 Å². The van der Waals surface area contributed by atoms with E-state index in [0.29, 0.717) is 23.4 Å². The van der Waals surface area contributed by atoms with Crippen molar-refractivity contribution in [1.82, 2.24) is 15.2 Å². The number of carbonyl (C=O) groups excluding carboxylic acids is 3. The van der Waals surface area contributed by atoms with E-state index in [4.69, 9.17) is 16.3 Å². The number of benzene rings is 1. The standard InChI is InChI=1S/C20H21ClN4O4/c1-4-20(13-7-8-15(29-3)12(2)10-13)18(27)25(19(28)24-20)11-16(26)23-14-6-5-9-22-17(14)21/h5-10H,4,11H2,1-3H3,(H,23,26)(H,24,28). The van der Waals surface area contributed by atoms with Crippen LogP contribution in [0.2, 0.25) is 5.15 Å². The molecule has 2 aromatic rings. The van der Waals surface area contributed by atoms with Gasteiger partial charge in [0, 0.05) is 6.20 Å². The normalized spacial score (nSPS) is 18.6. The van der Waals surface area contributed by atoms with E-state index < -0.39 is 29.9 Å². The molecule has 2 N–H and O–H groups in total. The maximum atomic E-state index is 13.2. The Morgan fingerprint density at radius 2 is 2.10 bits per heavy atom. The molecule has 1 aliphatic rings. The lowest BCUT2D eigenvalue weighted by molar-refractivity contribution is -0.134. The minimum atomic E-state index is -1.24. The average molecular weight is 417 g/mol. The molecule has 8 nitrogen and oxygen atoms in total. The molecule has 0 saturated carbocycles. The summed E-state index contributed by atoms with van der Waals surface area (Å²) in [6.45, 7) is 3.22. The topological polar surface area (TPSA) is 101 Å². The maximum Gasteiger partial charge on any atom is 0.325 e. The number of pyridine rings is 1. The summed E-state index contributed by atoms with van der Waals surface area (Å²) in [5.74, 6) is -0.357. The van der Waals surface area contributed by atoms with Crippen LogP contribution in [0.25, 0.3) is 0 Å². The van der Waals surface area contributed by atoms with E-state index in [0.717, 1.165) is 10.5 Å². The third-order valence-corrected chi connectivity index (χ3v) is 5.23. The Morgan fingerprint density at radius 3 is 2.72 bits per heavy atom. The third-order valence-electron chi connectivity index (χ3n) is 4.93. The minimum absolute atomic E-state index is 0.120. The van der Waals surface area contributed by atoms with Gasteiger partial charge in [0.15, 0.2) is 5.15 Å². The Morgan fingerprint density at radius 1 is 1.34 bits per heavy atom. The molecule has 0 radical (unpaired) electrons. The highest BCUT2D eigenvalue weighted by molar-refractivity contribution is 6.32. The van der Waals surface area contributed by atoms with Crippen molar-refractivity contribution in [2.75, 3.05) is 19.0 Å². The molecule has 1 aliphatic heterocycles. The van der Waals surface area contributed by atoms with E-state index in [1.807, 2.05) is 6.92 Å². The molecule has 0 bridgehead atoms. The molecular weight excluding hydrogens is 396 g/mol. The van der Waals surface area contributed by atoms with Gasteiger partial charge in [-0.1, -0.05) is 24.6 Å². The first-order valence-electron chi connectivity index (χ1n) is 9.02. The van der Waals surface area contributed by atoms with Crippen LogP contribution in [-0.2, 0) is 15.1 Å². The number of imide groups is 1. The van der Waals surface area contributed by atoms with Crippen LogP contribution in [-0.4, -0.2) is 41.4 Å². The van der Waals surface area contributed by atoms with E-state index >= 15 is 0 Å². The minimum Gasteiger partial charge on any atom is -0.496 e. The summed E-state index contributed by atoms with van der Waals surface area (Å²) in [6.07, 6.45) is 1.82. The van der Waals surface area contributed by atoms with Crippen LogP contribution >= 0.6 is 11.6 Å². The highest BCUT2D eigenvalue weighted by atomic mass is 35.5. The fourth-order valence-corrected chi connectivity index (χ4v) is 3.53. The van der Waals surface area contributed by atoms with Gasteiger partial charge in [0.2, 0.25) is 5.91 Å². The highest BCUT2D eigenvalue weighted by Crippen LogP contribution is 2.34. The average Bonchev–Trinajstić information content (AvgIpc) is 2.94. The van der Waals surface area contributed by atoms with Gasteiger partial charge < -0.3 is 15.4 Å². The zero-order valence-electron chi connectivity index (χ0n) is 16.3. The van der Waals surface area contributed by atoms with Crippen molar-refractivity contribution in [2.45, 2.75) is 25.8 Å². The van der Waals surface area contributed by atoms with Crippen LogP contribution in [0.4, 0.5) is 10.5 Å². The summed E-state index contributed by atoms with van der Waals surface area (Å²) >= 11 is 5.93. The number of amides is 4. The van der Waals surface area contributed by atoms with Crippen LogP contribution in [0.15, 0.2) is 36.5 Å². The number of urea groups is 1. The number of halogens is 1. The van der Waals surface area contributed by atoms with Gasteiger partial charge in [-0.15, -0.1) is 0 Å².